The minimum absolute atomic E-state index is 0.269. The van der Waals surface area contributed by atoms with E-state index in [-0.39, 0.29) is 5.82 Å². The second-order valence-electron chi connectivity index (χ2n) is 7.18. The van der Waals surface area contributed by atoms with Crippen LogP contribution in [-0.2, 0) is 6.54 Å². The monoisotopic (exact) mass is 380 g/mol. The molecule has 3 aromatic rings. The van der Waals surface area contributed by atoms with Crippen LogP contribution in [0.15, 0.2) is 53.1 Å². The van der Waals surface area contributed by atoms with Crippen molar-refractivity contribution in [2.75, 3.05) is 19.8 Å². The Balaban J connectivity index is 1.33. The van der Waals surface area contributed by atoms with E-state index in [4.69, 9.17) is 13.9 Å². The fourth-order valence-electron chi connectivity index (χ4n) is 3.97. The van der Waals surface area contributed by atoms with Crippen LogP contribution in [0.2, 0.25) is 0 Å². The molecule has 0 bridgehead atoms. The van der Waals surface area contributed by atoms with E-state index in [1.807, 2.05) is 6.07 Å². The van der Waals surface area contributed by atoms with E-state index in [2.05, 4.69) is 22.0 Å². The highest BCUT2D eigenvalue weighted by Gasteiger charge is 2.28. The SMILES string of the molecule is Fc1ccc(-c2nc(CN3CCCC3c3ccc4c(c3)OCCO4)co2)cc1. The largest absolute Gasteiger partial charge is 0.486 e. The van der Waals surface area contributed by atoms with Gasteiger partial charge in [-0.2, -0.15) is 0 Å². The van der Waals surface area contributed by atoms with Gasteiger partial charge in [0.15, 0.2) is 11.5 Å². The Morgan fingerprint density at radius 3 is 2.71 bits per heavy atom. The van der Waals surface area contributed by atoms with Gasteiger partial charge in [-0.1, -0.05) is 6.07 Å². The van der Waals surface area contributed by atoms with E-state index < -0.39 is 0 Å². The molecule has 0 radical (unpaired) electrons. The summed E-state index contributed by atoms with van der Waals surface area (Å²) >= 11 is 0. The summed E-state index contributed by atoms with van der Waals surface area (Å²) in [6.07, 6.45) is 3.93. The van der Waals surface area contributed by atoms with Crippen LogP contribution in [0.3, 0.4) is 0 Å². The first-order chi connectivity index (χ1) is 13.8. The number of ether oxygens (including phenoxy) is 2. The predicted molar refractivity (Wildman–Crippen MR) is 102 cm³/mol. The van der Waals surface area contributed by atoms with Gasteiger partial charge >= 0.3 is 0 Å². The molecule has 0 aliphatic carbocycles. The summed E-state index contributed by atoms with van der Waals surface area (Å²) in [4.78, 5) is 7.01. The number of hydrogen-bond acceptors (Lipinski definition) is 5. The van der Waals surface area contributed by atoms with Gasteiger partial charge in [-0.15, -0.1) is 0 Å². The van der Waals surface area contributed by atoms with Crippen LogP contribution < -0.4 is 9.47 Å². The Morgan fingerprint density at radius 1 is 1.04 bits per heavy atom. The van der Waals surface area contributed by atoms with Crippen molar-refractivity contribution in [2.24, 2.45) is 0 Å². The first-order valence-corrected chi connectivity index (χ1v) is 9.60. The molecular weight excluding hydrogens is 359 g/mol. The molecule has 1 atom stereocenters. The number of rotatable bonds is 4. The molecule has 6 heteroatoms. The Labute approximate surface area is 162 Å². The van der Waals surface area contributed by atoms with Crippen LogP contribution in [0.5, 0.6) is 11.5 Å². The Hall–Kier alpha value is -2.86. The summed E-state index contributed by atoms with van der Waals surface area (Å²) in [5.74, 6) is 1.90. The summed E-state index contributed by atoms with van der Waals surface area (Å²) in [5, 5.41) is 0. The Morgan fingerprint density at radius 2 is 1.86 bits per heavy atom. The van der Waals surface area contributed by atoms with E-state index in [9.17, 15) is 4.39 Å². The van der Waals surface area contributed by atoms with E-state index >= 15 is 0 Å². The summed E-state index contributed by atoms with van der Waals surface area (Å²) in [5.41, 5.74) is 2.89. The highest BCUT2D eigenvalue weighted by Crippen LogP contribution is 2.38. The van der Waals surface area contributed by atoms with Gasteiger partial charge in [-0.05, 0) is 61.3 Å². The van der Waals surface area contributed by atoms with Gasteiger partial charge in [0.25, 0.3) is 0 Å². The lowest BCUT2D eigenvalue weighted by Crippen LogP contribution is -2.23. The van der Waals surface area contributed by atoms with Crippen molar-refractivity contribution in [3.63, 3.8) is 0 Å². The van der Waals surface area contributed by atoms with Crippen molar-refractivity contribution in [3.05, 3.63) is 65.8 Å². The van der Waals surface area contributed by atoms with Crippen LogP contribution in [0, 0.1) is 5.82 Å². The van der Waals surface area contributed by atoms with Crippen LogP contribution in [0.4, 0.5) is 4.39 Å². The number of likely N-dealkylation sites (tertiary alicyclic amines) is 1. The van der Waals surface area contributed by atoms with Gasteiger partial charge in [0.2, 0.25) is 5.89 Å². The summed E-state index contributed by atoms with van der Waals surface area (Å²) < 4.78 is 30.1. The molecule has 1 aromatic heterocycles. The minimum Gasteiger partial charge on any atom is -0.486 e. The molecule has 28 heavy (non-hydrogen) atoms. The van der Waals surface area contributed by atoms with E-state index in [1.54, 1.807) is 18.4 Å². The minimum atomic E-state index is -0.269. The number of nitrogens with zero attached hydrogens (tertiary/aromatic N) is 2. The molecule has 0 N–H and O–H groups in total. The zero-order valence-electron chi connectivity index (χ0n) is 15.4. The normalized spacial score (nSPS) is 19.1. The quantitative estimate of drug-likeness (QED) is 0.663. The van der Waals surface area contributed by atoms with Crippen molar-refractivity contribution in [3.8, 4) is 23.0 Å². The molecular formula is C22H21FN2O3. The van der Waals surface area contributed by atoms with Gasteiger partial charge in [0, 0.05) is 18.2 Å². The van der Waals surface area contributed by atoms with Gasteiger partial charge in [0.1, 0.15) is 25.3 Å². The first-order valence-electron chi connectivity index (χ1n) is 9.60. The average molecular weight is 380 g/mol. The molecule has 0 saturated carbocycles. The smallest absolute Gasteiger partial charge is 0.226 e. The second-order valence-corrected chi connectivity index (χ2v) is 7.18. The molecule has 5 rings (SSSR count). The van der Waals surface area contributed by atoms with Gasteiger partial charge < -0.3 is 13.9 Å². The Kier molecular flexibility index (Phi) is 4.49. The molecule has 1 saturated heterocycles. The van der Waals surface area contributed by atoms with Crippen molar-refractivity contribution in [1.29, 1.82) is 0 Å². The number of halogens is 1. The van der Waals surface area contributed by atoms with Crippen molar-refractivity contribution in [1.82, 2.24) is 9.88 Å². The molecule has 0 amide bonds. The highest BCUT2D eigenvalue weighted by atomic mass is 19.1. The predicted octanol–water partition coefficient (Wildman–Crippen LogP) is 4.59. The van der Waals surface area contributed by atoms with Crippen molar-refractivity contribution in [2.45, 2.75) is 25.4 Å². The van der Waals surface area contributed by atoms with Crippen molar-refractivity contribution < 1.29 is 18.3 Å². The number of benzene rings is 2. The lowest BCUT2D eigenvalue weighted by Gasteiger charge is -2.25. The van der Waals surface area contributed by atoms with Gasteiger partial charge in [-0.25, -0.2) is 9.37 Å². The van der Waals surface area contributed by atoms with E-state index in [0.717, 1.165) is 42.1 Å². The molecule has 2 aliphatic heterocycles. The van der Waals surface area contributed by atoms with Crippen LogP contribution in [-0.4, -0.2) is 29.6 Å². The zero-order chi connectivity index (χ0) is 18.9. The number of hydrogen-bond donors (Lipinski definition) is 0. The maximum absolute atomic E-state index is 13.1. The third-order valence-corrected chi connectivity index (χ3v) is 5.32. The Bertz CT molecular complexity index is 970. The maximum atomic E-state index is 13.1. The molecule has 3 heterocycles. The van der Waals surface area contributed by atoms with E-state index in [0.29, 0.717) is 31.7 Å². The first kappa shape index (κ1) is 17.3. The lowest BCUT2D eigenvalue weighted by molar-refractivity contribution is 0.170. The third-order valence-electron chi connectivity index (χ3n) is 5.32. The van der Waals surface area contributed by atoms with Crippen LogP contribution in [0.1, 0.15) is 30.1 Å². The summed E-state index contributed by atoms with van der Waals surface area (Å²) in [7, 11) is 0. The fraction of sp³-hybridized carbons (Fsp3) is 0.318. The third kappa shape index (κ3) is 3.36. The highest BCUT2D eigenvalue weighted by molar-refractivity contribution is 5.52. The van der Waals surface area contributed by atoms with Crippen molar-refractivity contribution >= 4 is 0 Å². The molecule has 0 spiro atoms. The number of aromatic nitrogens is 1. The van der Waals surface area contributed by atoms with Gasteiger partial charge in [-0.3, -0.25) is 4.90 Å². The molecule has 2 aromatic carbocycles. The number of fused-ring (bicyclic) bond motifs is 1. The lowest BCUT2D eigenvalue weighted by atomic mass is 10.0. The summed E-state index contributed by atoms with van der Waals surface area (Å²) in [6, 6.07) is 12.7. The number of oxazole rings is 1. The maximum Gasteiger partial charge on any atom is 0.226 e. The second kappa shape index (κ2) is 7.28. The van der Waals surface area contributed by atoms with E-state index in [1.165, 1.54) is 17.7 Å². The zero-order valence-corrected chi connectivity index (χ0v) is 15.4. The molecule has 1 unspecified atom stereocenters. The van der Waals surface area contributed by atoms with Crippen LogP contribution >= 0.6 is 0 Å². The molecule has 144 valence electrons. The topological polar surface area (TPSA) is 47.7 Å². The molecule has 5 nitrogen and oxygen atoms in total. The molecule has 1 fully saturated rings. The van der Waals surface area contributed by atoms with Crippen LogP contribution in [0.25, 0.3) is 11.5 Å². The summed E-state index contributed by atoms with van der Waals surface area (Å²) in [6.45, 7) is 2.92. The van der Waals surface area contributed by atoms with Gasteiger partial charge in [0.05, 0.1) is 5.69 Å². The standard InChI is InChI=1S/C22H21FN2O3/c23-17-6-3-15(4-7-17)22-24-18(14-28-22)13-25-9-1-2-19(25)16-5-8-20-21(12-16)27-11-10-26-20/h3-8,12,14,19H,1-2,9-11,13H2. The molecule has 2 aliphatic rings. The fourth-order valence-corrected chi connectivity index (χ4v) is 3.97. The average Bonchev–Trinajstić information content (AvgIpc) is 3.38.